The highest BCUT2D eigenvalue weighted by molar-refractivity contribution is 6.00. The number of benzene rings is 3. The molecular formula is C39H36F3N4O5+. The van der Waals surface area contributed by atoms with Gasteiger partial charge in [-0.2, -0.15) is 10.5 Å². The lowest BCUT2D eigenvalue weighted by atomic mass is 9.81. The topological polar surface area (TPSA) is 119 Å². The zero-order valence-electron chi connectivity index (χ0n) is 29.7. The van der Waals surface area contributed by atoms with Gasteiger partial charge in [0, 0.05) is 72.8 Å². The summed E-state index contributed by atoms with van der Waals surface area (Å²) in [6.45, 7) is 11.2. The smallest absolute Gasteiger partial charge is 0.339 e. The molecule has 0 saturated carbocycles. The molecule has 0 spiro atoms. The lowest BCUT2D eigenvalue weighted by molar-refractivity contribution is -0.0861. The predicted molar refractivity (Wildman–Crippen MR) is 184 cm³/mol. The van der Waals surface area contributed by atoms with Crippen molar-refractivity contribution >= 4 is 28.4 Å². The molecule has 3 aromatic rings. The van der Waals surface area contributed by atoms with Gasteiger partial charge >= 0.3 is 5.97 Å². The van der Waals surface area contributed by atoms with Gasteiger partial charge < -0.3 is 24.2 Å². The van der Waals surface area contributed by atoms with Gasteiger partial charge in [0.2, 0.25) is 5.36 Å². The maximum Gasteiger partial charge on any atom is 0.339 e. The van der Waals surface area contributed by atoms with E-state index in [2.05, 4.69) is 0 Å². The monoisotopic (exact) mass is 697 g/mol. The summed E-state index contributed by atoms with van der Waals surface area (Å²) in [7, 11) is 4.97. The summed E-state index contributed by atoms with van der Waals surface area (Å²) in [6, 6.07) is 9.79. The summed E-state index contributed by atoms with van der Waals surface area (Å²) in [5.41, 5.74) is -3.52. The van der Waals surface area contributed by atoms with Crippen LogP contribution in [0.25, 0.3) is 16.7 Å². The van der Waals surface area contributed by atoms with Crippen LogP contribution in [0.2, 0.25) is 0 Å². The van der Waals surface area contributed by atoms with E-state index in [9.17, 15) is 20.4 Å². The number of anilines is 1. The molecule has 3 heterocycles. The minimum atomic E-state index is -3.05. The second-order valence-electron chi connectivity index (χ2n) is 14.1. The number of nitrogens with zero attached hydrogens (tertiary/aromatic N) is 4. The van der Waals surface area contributed by atoms with Crippen molar-refractivity contribution in [1.82, 2.24) is 4.58 Å². The highest BCUT2D eigenvalue weighted by atomic mass is 19.2. The minimum Gasteiger partial charge on any atom is -0.478 e. The van der Waals surface area contributed by atoms with Gasteiger partial charge in [0.15, 0.2) is 17.2 Å². The van der Waals surface area contributed by atoms with Gasteiger partial charge in [-0.05, 0) is 57.0 Å². The normalized spacial score (nSPS) is 16.8. The van der Waals surface area contributed by atoms with Gasteiger partial charge in [0.05, 0.1) is 17.2 Å². The molecule has 0 amide bonds. The van der Waals surface area contributed by atoms with Crippen LogP contribution >= 0.6 is 0 Å². The van der Waals surface area contributed by atoms with Crippen LogP contribution in [0.5, 0.6) is 11.5 Å². The summed E-state index contributed by atoms with van der Waals surface area (Å²) in [5.74, 6) is -7.27. The van der Waals surface area contributed by atoms with Crippen LogP contribution in [0, 0.1) is 40.1 Å². The maximum atomic E-state index is 17.4. The summed E-state index contributed by atoms with van der Waals surface area (Å²) >= 11 is 0. The van der Waals surface area contributed by atoms with E-state index in [1.807, 2.05) is 77.3 Å². The van der Waals surface area contributed by atoms with Crippen molar-refractivity contribution in [3.63, 3.8) is 0 Å². The number of carboxylic acid groups (broad SMARTS) is 1. The third kappa shape index (κ3) is 5.12. The van der Waals surface area contributed by atoms with E-state index in [1.165, 1.54) is 12.1 Å². The summed E-state index contributed by atoms with van der Waals surface area (Å²) in [6.07, 6.45) is 4.09. The average Bonchev–Trinajstić information content (AvgIpc) is 3.07. The number of allylic oxidation sites excluding steroid dienone is 2. The molecule has 3 aromatic carbocycles. The van der Waals surface area contributed by atoms with Crippen LogP contribution in [0.15, 0.2) is 36.4 Å². The Morgan fingerprint density at radius 2 is 1.61 bits per heavy atom. The highest BCUT2D eigenvalue weighted by Gasteiger charge is 2.46. The standard InChI is InChI=1S/C39H35F3N4O5/c1-19-14-37(3,4)45(7)25-12-27-23(10-21(19)25)29(24-11-22-20(2)15-38(5,6)46(8)26(22)13-28(24)51-27)30-31(36(47)48)34(41)35(42)32(33(30)40)39(16-43,17-44)50-18-49-9/h10-15H,18H2,1-9H3/p+1. The number of nitriles is 2. The Morgan fingerprint density at radius 1 is 0.961 bits per heavy atom. The Bertz CT molecular complexity index is 2370. The van der Waals surface area contributed by atoms with E-state index >= 15 is 13.2 Å². The van der Waals surface area contributed by atoms with Crippen LogP contribution in [0.3, 0.4) is 0 Å². The number of carboxylic acids is 1. The lowest BCUT2D eigenvalue weighted by Gasteiger charge is -2.41. The molecule has 0 unspecified atom stereocenters. The van der Waals surface area contributed by atoms with Crippen molar-refractivity contribution in [2.24, 2.45) is 0 Å². The Morgan fingerprint density at radius 3 is 2.22 bits per heavy atom. The molecule has 262 valence electrons. The number of methoxy groups -OCH3 is 1. The third-order valence-corrected chi connectivity index (χ3v) is 10.2. The van der Waals surface area contributed by atoms with Crippen molar-refractivity contribution in [1.29, 1.82) is 10.5 Å². The maximum absolute atomic E-state index is 17.4. The number of fused-ring (bicyclic) bond motifs is 4. The second-order valence-corrected chi connectivity index (χ2v) is 14.1. The van der Waals surface area contributed by atoms with E-state index in [0.29, 0.717) is 11.1 Å². The summed E-state index contributed by atoms with van der Waals surface area (Å²) < 4.78 is 68.1. The van der Waals surface area contributed by atoms with Gasteiger partial charge in [-0.15, -0.1) is 0 Å². The minimum absolute atomic E-state index is 0.135. The zero-order chi connectivity index (χ0) is 37.5. The van der Waals surface area contributed by atoms with E-state index in [0.717, 1.165) is 29.3 Å². The molecule has 3 aliphatic heterocycles. The van der Waals surface area contributed by atoms with Crippen molar-refractivity contribution in [2.75, 3.05) is 32.9 Å². The van der Waals surface area contributed by atoms with Gasteiger partial charge in [-0.1, -0.05) is 6.08 Å². The number of rotatable bonds is 6. The Kier molecular flexibility index (Phi) is 8.21. The van der Waals surface area contributed by atoms with Crippen LogP contribution in [-0.2, 0) is 15.1 Å². The first-order valence-electron chi connectivity index (χ1n) is 16.0. The predicted octanol–water partition coefficient (Wildman–Crippen LogP) is 5.97. The average molecular weight is 698 g/mol. The fraction of sp³-hybridized carbons (Fsp3) is 0.333. The van der Waals surface area contributed by atoms with E-state index in [1.54, 1.807) is 24.3 Å². The molecule has 6 rings (SSSR count). The fourth-order valence-electron chi connectivity index (χ4n) is 7.27. The molecule has 0 radical (unpaired) electrons. The van der Waals surface area contributed by atoms with Crippen LogP contribution < -0.4 is 24.8 Å². The highest BCUT2D eigenvalue weighted by Crippen LogP contribution is 2.48. The van der Waals surface area contributed by atoms with Crippen LogP contribution in [0.4, 0.5) is 18.9 Å². The number of ether oxygens (including phenoxy) is 3. The fourth-order valence-corrected chi connectivity index (χ4v) is 7.27. The number of likely N-dealkylation sites (N-methyl/N-ethyl adjacent to an activating group) is 2. The largest absolute Gasteiger partial charge is 0.478 e. The van der Waals surface area contributed by atoms with E-state index in [4.69, 9.17) is 14.2 Å². The van der Waals surface area contributed by atoms with E-state index in [-0.39, 0.29) is 27.9 Å². The van der Waals surface area contributed by atoms with Crippen molar-refractivity contribution in [3.8, 4) is 23.6 Å². The van der Waals surface area contributed by atoms with Crippen LogP contribution in [-0.4, -0.2) is 50.2 Å². The molecule has 0 aliphatic carbocycles. The zero-order valence-corrected chi connectivity index (χ0v) is 29.7. The Balaban J connectivity index is 1.87. The number of carbonyl (C=O) groups is 1. The number of aromatic carboxylic acids is 1. The Hall–Kier alpha value is -5.43. The van der Waals surface area contributed by atoms with E-state index < -0.39 is 63.6 Å². The first-order chi connectivity index (χ1) is 23.9. The molecule has 3 aliphatic rings. The molecule has 1 N–H and O–H groups in total. The second kappa shape index (κ2) is 11.8. The van der Waals surface area contributed by atoms with Crippen molar-refractivity contribution in [2.45, 2.75) is 58.2 Å². The molecule has 9 nitrogen and oxygen atoms in total. The molecule has 0 aromatic heterocycles. The van der Waals surface area contributed by atoms with Gasteiger partial charge in [-0.3, -0.25) is 0 Å². The quantitative estimate of drug-likeness (QED) is 0.149. The molecule has 51 heavy (non-hydrogen) atoms. The van der Waals surface area contributed by atoms with Crippen molar-refractivity contribution < 1.29 is 37.3 Å². The molecular weight excluding hydrogens is 661 g/mol. The Labute approximate surface area is 293 Å². The lowest BCUT2D eigenvalue weighted by Crippen LogP contribution is -2.47. The SMILES string of the molecule is COCOC(C#N)(C#N)c1c(F)c(F)c(C(=O)O)c(C2=c3cc4c(cc3Oc3cc5c(cc32)C(C)=CC(C)(C)N5C)=[N+](C)C(C)(C)C=C4C)c1F. The first kappa shape index (κ1) is 35.4. The van der Waals surface area contributed by atoms with Crippen LogP contribution in [0.1, 0.15) is 79.7 Å². The molecule has 0 fully saturated rings. The van der Waals surface area contributed by atoms with Gasteiger partial charge in [-0.25, -0.2) is 22.5 Å². The summed E-state index contributed by atoms with van der Waals surface area (Å²) in [4.78, 5) is 14.9. The number of halogens is 3. The first-order valence-corrected chi connectivity index (χ1v) is 16.0. The molecule has 0 bridgehead atoms. The number of hydrogen-bond donors (Lipinski definition) is 1. The molecule has 12 heteroatoms. The van der Waals surface area contributed by atoms with Gasteiger partial charge in [0.1, 0.15) is 48.9 Å². The third-order valence-electron chi connectivity index (χ3n) is 10.2. The van der Waals surface area contributed by atoms with Crippen molar-refractivity contribution in [3.05, 3.63) is 97.8 Å². The summed E-state index contributed by atoms with van der Waals surface area (Å²) in [5, 5.41) is 31.5. The van der Waals surface area contributed by atoms with Gasteiger partial charge in [0.25, 0.3) is 5.60 Å². The molecule has 0 saturated heterocycles. The number of hydrogen-bond acceptors (Lipinski definition) is 7. The molecule has 0 atom stereocenters.